The zero-order chi connectivity index (χ0) is 12.8. The SMILES string of the molecule is C=CCc1cc(N)ccc1OC(C)C(=O)OC. The summed E-state index contributed by atoms with van der Waals surface area (Å²) in [5.74, 6) is 0.211. The van der Waals surface area contributed by atoms with E-state index in [-0.39, 0.29) is 0 Å². The molecule has 0 bridgehead atoms. The zero-order valence-corrected chi connectivity index (χ0v) is 10.1. The number of hydrogen-bond donors (Lipinski definition) is 1. The van der Waals surface area contributed by atoms with Gasteiger partial charge in [-0.05, 0) is 37.1 Å². The number of nitrogen functional groups attached to an aromatic ring is 1. The van der Waals surface area contributed by atoms with E-state index in [2.05, 4.69) is 11.3 Å². The number of benzene rings is 1. The fourth-order valence-electron chi connectivity index (χ4n) is 1.43. The second-order valence-corrected chi connectivity index (χ2v) is 3.64. The molecule has 4 heteroatoms. The third-order valence-electron chi connectivity index (χ3n) is 2.29. The Morgan fingerprint density at radius 1 is 1.59 bits per heavy atom. The number of esters is 1. The smallest absolute Gasteiger partial charge is 0.346 e. The van der Waals surface area contributed by atoms with Crippen molar-refractivity contribution in [2.24, 2.45) is 0 Å². The number of allylic oxidation sites excluding steroid dienone is 1. The van der Waals surface area contributed by atoms with Gasteiger partial charge in [-0.25, -0.2) is 4.79 Å². The molecule has 0 saturated heterocycles. The van der Waals surface area contributed by atoms with E-state index < -0.39 is 12.1 Å². The summed E-state index contributed by atoms with van der Waals surface area (Å²) in [5, 5.41) is 0. The predicted octanol–water partition coefficient (Wildman–Crippen LogP) is 1.94. The van der Waals surface area contributed by atoms with Crippen molar-refractivity contribution in [2.45, 2.75) is 19.4 Å². The maximum absolute atomic E-state index is 11.3. The van der Waals surface area contributed by atoms with Gasteiger partial charge in [0.15, 0.2) is 6.10 Å². The third-order valence-corrected chi connectivity index (χ3v) is 2.29. The number of methoxy groups -OCH3 is 1. The van der Waals surface area contributed by atoms with Gasteiger partial charge in [0.2, 0.25) is 0 Å². The Labute approximate surface area is 101 Å². The molecular weight excluding hydrogens is 218 g/mol. The van der Waals surface area contributed by atoms with Crippen LogP contribution in [0.5, 0.6) is 5.75 Å². The topological polar surface area (TPSA) is 61.5 Å². The lowest BCUT2D eigenvalue weighted by atomic mass is 10.1. The average molecular weight is 235 g/mol. The van der Waals surface area contributed by atoms with Crippen LogP contribution >= 0.6 is 0 Å². The molecule has 0 amide bonds. The molecule has 0 fully saturated rings. The largest absolute Gasteiger partial charge is 0.479 e. The highest BCUT2D eigenvalue weighted by Crippen LogP contribution is 2.23. The van der Waals surface area contributed by atoms with Crippen molar-refractivity contribution in [3.05, 3.63) is 36.4 Å². The third kappa shape index (κ3) is 3.52. The second-order valence-electron chi connectivity index (χ2n) is 3.64. The molecule has 1 atom stereocenters. The lowest BCUT2D eigenvalue weighted by Crippen LogP contribution is -2.25. The lowest BCUT2D eigenvalue weighted by molar-refractivity contribution is -0.147. The first-order valence-electron chi connectivity index (χ1n) is 5.32. The van der Waals surface area contributed by atoms with E-state index in [4.69, 9.17) is 10.5 Å². The van der Waals surface area contributed by atoms with E-state index in [1.54, 1.807) is 31.2 Å². The first-order chi connectivity index (χ1) is 8.08. The number of carbonyl (C=O) groups excluding carboxylic acids is 1. The Balaban J connectivity index is 2.89. The highest BCUT2D eigenvalue weighted by molar-refractivity contribution is 5.74. The minimum atomic E-state index is -0.646. The Kier molecular flexibility index (Phi) is 4.57. The van der Waals surface area contributed by atoms with Gasteiger partial charge in [-0.3, -0.25) is 0 Å². The minimum absolute atomic E-state index is 0.411. The molecule has 2 N–H and O–H groups in total. The number of ether oxygens (including phenoxy) is 2. The molecule has 1 aromatic rings. The molecule has 92 valence electrons. The van der Waals surface area contributed by atoms with Gasteiger partial charge >= 0.3 is 5.97 Å². The van der Waals surface area contributed by atoms with Crippen molar-refractivity contribution in [2.75, 3.05) is 12.8 Å². The van der Waals surface area contributed by atoms with Crippen LogP contribution in [0.4, 0.5) is 5.69 Å². The first kappa shape index (κ1) is 13.1. The summed E-state index contributed by atoms with van der Waals surface area (Å²) in [7, 11) is 1.33. The van der Waals surface area contributed by atoms with E-state index in [1.165, 1.54) is 7.11 Å². The van der Waals surface area contributed by atoms with Crippen LogP contribution < -0.4 is 10.5 Å². The lowest BCUT2D eigenvalue weighted by Gasteiger charge is -2.15. The van der Waals surface area contributed by atoms with E-state index in [0.29, 0.717) is 17.9 Å². The van der Waals surface area contributed by atoms with Crippen molar-refractivity contribution in [1.82, 2.24) is 0 Å². The molecule has 0 aromatic heterocycles. The number of anilines is 1. The normalized spacial score (nSPS) is 11.6. The molecule has 4 nitrogen and oxygen atoms in total. The second kappa shape index (κ2) is 5.94. The van der Waals surface area contributed by atoms with Gasteiger partial charge in [-0.2, -0.15) is 0 Å². The molecule has 1 aromatic carbocycles. The molecule has 17 heavy (non-hydrogen) atoms. The van der Waals surface area contributed by atoms with Crippen LogP contribution in [-0.2, 0) is 16.0 Å². The van der Waals surface area contributed by atoms with Crippen LogP contribution in [0, 0.1) is 0 Å². The van der Waals surface area contributed by atoms with Crippen LogP contribution in [-0.4, -0.2) is 19.2 Å². The fraction of sp³-hybridized carbons (Fsp3) is 0.308. The molecule has 0 saturated carbocycles. The average Bonchev–Trinajstić information content (AvgIpc) is 2.31. The van der Waals surface area contributed by atoms with Crippen LogP contribution in [0.2, 0.25) is 0 Å². The van der Waals surface area contributed by atoms with Crippen molar-refractivity contribution < 1.29 is 14.3 Å². The van der Waals surface area contributed by atoms with Gasteiger partial charge in [-0.15, -0.1) is 6.58 Å². The monoisotopic (exact) mass is 235 g/mol. The molecule has 0 heterocycles. The van der Waals surface area contributed by atoms with E-state index >= 15 is 0 Å². The van der Waals surface area contributed by atoms with E-state index in [1.807, 2.05) is 0 Å². The van der Waals surface area contributed by atoms with Crippen LogP contribution in [0.3, 0.4) is 0 Å². The maximum Gasteiger partial charge on any atom is 0.346 e. The Hall–Kier alpha value is -1.97. The fourth-order valence-corrected chi connectivity index (χ4v) is 1.43. The quantitative estimate of drug-likeness (QED) is 0.481. The highest BCUT2D eigenvalue weighted by Gasteiger charge is 2.16. The Morgan fingerprint density at radius 3 is 2.88 bits per heavy atom. The van der Waals surface area contributed by atoms with Crippen LogP contribution in [0.1, 0.15) is 12.5 Å². The first-order valence-corrected chi connectivity index (χ1v) is 5.32. The minimum Gasteiger partial charge on any atom is -0.479 e. The summed E-state index contributed by atoms with van der Waals surface area (Å²) in [6.45, 7) is 5.31. The number of carbonyl (C=O) groups is 1. The summed E-state index contributed by atoms with van der Waals surface area (Å²) in [6.07, 6.45) is 1.74. The summed E-state index contributed by atoms with van der Waals surface area (Å²) in [6, 6.07) is 5.28. The molecule has 0 aliphatic rings. The standard InChI is InChI=1S/C13H17NO3/c1-4-5-10-8-11(14)6-7-12(10)17-9(2)13(15)16-3/h4,6-9H,1,5,14H2,2-3H3. The summed E-state index contributed by atoms with van der Waals surface area (Å²) in [5.41, 5.74) is 7.24. The molecule has 0 aliphatic carbocycles. The van der Waals surface area contributed by atoms with E-state index in [0.717, 1.165) is 5.56 Å². The van der Waals surface area contributed by atoms with Gasteiger partial charge < -0.3 is 15.2 Å². The van der Waals surface area contributed by atoms with Gasteiger partial charge in [-0.1, -0.05) is 6.08 Å². The number of hydrogen-bond acceptors (Lipinski definition) is 4. The molecule has 1 rings (SSSR count). The van der Waals surface area contributed by atoms with Gasteiger partial charge in [0, 0.05) is 5.69 Å². The van der Waals surface area contributed by atoms with E-state index in [9.17, 15) is 4.79 Å². The van der Waals surface area contributed by atoms with Crippen molar-refractivity contribution in [3.8, 4) is 5.75 Å². The Morgan fingerprint density at radius 2 is 2.29 bits per heavy atom. The van der Waals surface area contributed by atoms with Gasteiger partial charge in [0.1, 0.15) is 5.75 Å². The predicted molar refractivity (Wildman–Crippen MR) is 66.9 cm³/mol. The summed E-state index contributed by atoms with van der Waals surface area (Å²) in [4.78, 5) is 11.3. The number of nitrogens with two attached hydrogens (primary N) is 1. The molecular formula is C13H17NO3. The van der Waals surface area contributed by atoms with Gasteiger partial charge in [0.05, 0.1) is 7.11 Å². The molecule has 0 aliphatic heterocycles. The summed E-state index contributed by atoms with van der Waals surface area (Å²) < 4.78 is 10.1. The van der Waals surface area contributed by atoms with Gasteiger partial charge in [0.25, 0.3) is 0 Å². The van der Waals surface area contributed by atoms with Crippen molar-refractivity contribution >= 4 is 11.7 Å². The molecule has 1 unspecified atom stereocenters. The number of rotatable bonds is 5. The van der Waals surface area contributed by atoms with Crippen molar-refractivity contribution in [1.29, 1.82) is 0 Å². The van der Waals surface area contributed by atoms with Crippen LogP contribution in [0.15, 0.2) is 30.9 Å². The highest BCUT2D eigenvalue weighted by atomic mass is 16.6. The summed E-state index contributed by atoms with van der Waals surface area (Å²) >= 11 is 0. The van der Waals surface area contributed by atoms with Crippen molar-refractivity contribution in [3.63, 3.8) is 0 Å². The zero-order valence-electron chi connectivity index (χ0n) is 10.1. The molecule has 0 radical (unpaired) electrons. The van der Waals surface area contributed by atoms with Crippen LogP contribution in [0.25, 0.3) is 0 Å². The molecule has 0 spiro atoms. The Bertz CT molecular complexity index is 415. The maximum atomic E-state index is 11.3.